The van der Waals surface area contributed by atoms with E-state index < -0.39 is 0 Å². The van der Waals surface area contributed by atoms with Crippen molar-refractivity contribution in [1.82, 2.24) is 4.90 Å². The van der Waals surface area contributed by atoms with E-state index in [1.54, 1.807) is 0 Å². The molecule has 0 heterocycles. The Bertz CT molecular complexity index is 865. The molecule has 26 heavy (non-hydrogen) atoms. The zero-order valence-corrected chi connectivity index (χ0v) is 14.9. The summed E-state index contributed by atoms with van der Waals surface area (Å²) in [4.78, 5) is 2.18. The lowest BCUT2D eigenvalue weighted by molar-refractivity contribution is 0.325. The molecule has 1 nitrogen and oxygen atoms in total. The highest BCUT2D eigenvalue weighted by molar-refractivity contribution is 5.40. The Hall–Kier alpha value is -3.26. The second-order valence-corrected chi connectivity index (χ2v) is 6.07. The Morgan fingerprint density at radius 3 is 1.54 bits per heavy atom. The van der Waals surface area contributed by atoms with E-state index in [0.29, 0.717) is 0 Å². The van der Waals surface area contributed by atoms with Crippen molar-refractivity contribution in [2.75, 3.05) is 7.05 Å². The Morgan fingerprint density at radius 1 is 0.654 bits per heavy atom. The summed E-state index contributed by atoms with van der Waals surface area (Å²) < 4.78 is 0. The molecule has 1 heteroatoms. The summed E-state index contributed by atoms with van der Waals surface area (Å²) in [7, 11) is 2.07. The molecule has 0 aromatic heterocycles. The van der Waals surface area contributed by atoms with Crippen LogP contribution in [-0.2, 0) is 6.54 Å². The second-order valence-electron chi connectivity index (χ2n) is 6.07. The number of rotatable bonds is 3. The molecule has 3 rings (SSSR count). The maximum atomic E-state index is 3.33. The van der Waals surface area contributed by atoms with Gasteiger partial charge in [0.15, 0.2) is 0 Å². The quantitative estimate of drug-likeness (QED) is 0.633. The lowest BCUT2D eigenvalue weighted by Crippen LogP contribution is -2.28. The van der Waals surface area contributed by atoms with Gasteiger partial charge in [-0.15, -0.1) is 0 Å². The van der Waals surface area contributed by atoms with E-state index in [4.69, 9.17) is 0 Å². The first-order chi connectivity index (χ1) is 12.8. The lowest BCUT2D eigenvalue weighted by atomic mass is 10.1. The summed E-state index contributed by atoms with van der Waals surface area (Å²) in [5.41, 5.74) is 3.27. The van der Waals surface area contributed by atoms with E-state index in [1.807, 2.05) is 66.7 Å². The van der Waals surface area contributed by atoms with Crippen LogP contribution in [0.25, 0.3) is 0 Å². The van der Waals surface area contributed by atoms with Crippen LogP contribution in [0.3, 0.4) is 0 Å². The largest absolute Gasteiger partial charge is 0.279 e. The molecule has 0 amide bonds. The normalized spacial score (nSPS) is 9.96. The van der Waals surface area contributed by atoms with E-state index in [2.05, 4.69) is 59.9 Å². The second kappa shape index (κ2) is 9.28. The molecule has 0 fully saturated rings. The van der Waals surface area contributed by atoms with Gasteiger partial charge in [0.1, 0.15) is 6.04 Å². The number of benzene rings is 3. The van der Waals surface area contributed by atoms with Crippen molar-refractivity contribution in [1.29, 1.82) is 0 Å². The first kappa shape index (κ1) is 17.6. The van der Waals surface area contributed by atoms with E-state index in [-0.39, 0.29) is 6.04 Å². The molecule has 0 saturated carbocycles. The minimum atomic E-state index is -0.143. The predicted octanol–water partition coefficient (Wildman–Crippen LogP) is 4.59. The summed E-state index contributed by atoms with van der Waals surface area (Å²) >= 11 is 0. The predicted molar refractivity (Wildman–Crippen MR) is 108 cm³/mol. The van der Waals surface area contributed by atoms with Gasteiger partial charge in [0.2, 0.25) is 0 Å². The third kappa shape index (κ3) is 5.38. The molecule has 0 saturated heterocycles. The maximum absolute atomic E-state index is 3.33. The van der Waals surface area contributed by atoms with Gasteiger partial charge in [-0.25, -0.2) is 0 Å². The van der Waals surface area contributed by atoms with Crippen molar-refractivity contribution in [3.8, 4) is 23.7 Å². The third-order valence-corrected chi connectivity index (χ3v) is 3.97. The summed E-state index contributed by atoms with van der Waals surface area (Å²) in [5.74, 6) is 13.2. The Morgan fingerprint density at radius 2 is 1.08 bits per heavy atom. The fourth-order valence-corrected chi connectivity index (χ4v) is 2.57. The van der Waals surface area contributed by atoms with Crippen molar-refractivity contribution in [3.63, 3.8) is 0 Å². The van der Waals surface area contributed by atoms with Crippen LogP contribution >= 0.6 is 0 Å². The van der Waals surface area contributed by atoms with Crippen LogP contribution in [0, 0.1) is 23.7 Å². The van der Waals surface area contributed by atoms with Gasteiger partial charge in [0, 0.05) is 17.7 Å². The molecule has 3 aromatic rings. The van der Waals surface area contributed by atoms with Gasteiger partial charge in [-0.05, 0) is 36.9 Å². The first-order valence-corrected chi connectivity index (χ1v) is 8.68. The number of hydrogen-bond donors (Lipinski definition) is 0. The molecule has 0 radical (unpaired) electrons. The van der Waals surface area contributed by atoms with Gasteiger partial charge in [0.25, 0.3) is 0 Å². The van der Waals surface area contributed by atoms with Crippen molar-refractivity contribution in [2.24, 2.45) is 0 Å². The van der Waals surface area contributed by atoms with Crippen molar-refractivity contribution >= 4 is 0 Å². The Kier molecular flexibility index (Phi) is 6.27. The fraction of sp³-hybridized carbons (Fsp3) is 0.120. The van der Waals surface area contributed by atoms with Crippen LogP contribution < -0.4 is 0 Å². The summed E-state index contributed by atoms with van der Waals surface area (Å²) in [6.07, 6.45) is 0. The monoisotopic (exact) mass is 335 g/mol. The van der Waals surface area contributed by atoms with Crippen molar-refractivity contribution in [2.45, 2.75) is 12.6 Å². The highest BCUT2D eigenvalue weighted by Gasteiger charge is 2.09. The van der Waals surface area contributed by atoms with Gasteiger partial charge < -0.3 is 0 Å². The van der Waals surface area contributed by atoms with Crippen LogP contribution in [0.15, 0.2) is 91.0 Å². The highest BCUT2D eigenvalue weighted by Crippen LogP contribution is 2.07. The molecule has 0 aliphatic rings. The molecular weight excluding hydrogens is 314 g/mol. The van der Waals surface area contributed by atoms with Gasteiger partial charge >= 0.3 is 0 Å². The van der Waals surface area contributed by atoms with E-state index >= 15 is 0 Å². The Labute approximate surface area is 156 Å². The van der Waals surface area contributed by atoms with Gasteiger partial charge in [-0.2, -0.15) is 0 Å². The average molecular weight is 335 g/mol. The van der Waals surface area contributed by atoms with Crippen LogP contribution in [0.4, 0.5) is 0 Å². The minimum Gasteiger partial charge on any atom is -0.279 e. The van der Waals surface area contributed by atoms with Gasteiger partial charge in [-0.3, -0.25) is 4.90 Å². The SMILES string of the molecule is CN(Cc1ccccc1)C(C#Cc1ccccc1)C#Cc1ccccc1. The van der Waals surface area contributed by atoms with E-state index in [0.717, 1.165) is 17.7 Å². The molecular formula is C25H21N. The van der Waals surface area contributed by atoms with Gasteiger partial charge in [-0.1, -0.05) is 90.4 Å². The molecule has 3 aromatic carbocycles. The minimum absolute atomic E-state index is 0.143. The summed E-state index contributed by atoms with van der Waals surface area (Å²) in [6, 6.07) is 30.4. The molecule has 0 spiro atoms. The average Bonchev–Trinajstić information content (AvgIpc) is 2.70. The maximum Gasteiger partial charge on any atom is 0.134 e. The molecule has 0 aliphatic carbocycles. The molecule has 0 atom stereocenters. The van der Waals surface area contributed by atoms with Crippen LogP contribution in [0.1, 0.15) is 16.7 Å². The summed E-state index contributed by atoms with van der Waals surface area (Å²) in [5, 5.41) is 0. The molecule has 0 bridgehead atoms. The van der Waals surface area contributed by atoms with E-state index in [1.165, 1.54) is 5.56 Å². The molecule has 126 valence electrons. The van der Waals surface area contributed by atoms with E-state index in [9.17, 15) is 0 Å². The first-order valence-electron chi connectivity index (χ1n) is 8.68. The fourth-order valence-electron chi connectivity index (χ4n) is 2.57. The molecule has 0 unspecified atom stereocenters. The van der Waals surface area contributed by atoms with Gasteiger partial charge in [0.05, 0.1) is 0 Å². The molecule has 0 N–H and O–H groups in total. The number of nitrogens with zero attached hydrogens (tertiary/aromatic N) is 1. The summed E-state index contributed by atoms with van der Waals surface area (Å²) in [6.45, 7) is 0.804. The Balaban J connectivity index is 1.83. The zero-order chi connectivity index (χ0) is 18.0. The van der Waals surface area contributed by atoms with Crippen LogP contribution in [-0.4, -0.2) is 18.0 Å². The number of hydrogen-bond acceptors (Lipinski definition) is 1. The van der Waals surface area contributed by atoms with Crippen molar-refractivity contribution in [3.05, 3.63) is 108 Å². The smallest absolute Gasteiger partial charge is 0.134 e. The lowest BCUT2D eigenvalue weighted by Gasteiger charge is -2.19. The van der Waals surface area contributed by atoms with Crippen LogP contribution in [0.5, 0.6) is 0 Å². The van der Waals surface area contributed by atoms with Crippen LogP contribution in [0.2, 0.25) is 0 Å². The third-order valence-electron chi connectivity index (χ3n) is 3.97. The van der Waals surface area contributed by atoms with Crippen molar-refractivity contribution < 1.29 is 0 Å². The standard InChI is InChI=1S/C25H21N/c1-26(21-24-15-9-4-10-16-24)25(19-17-22-11-5-2-6-12-22)20-18-23-13-7-3-8-14-23/h2-16,25H,21H2,1H3. The zero-order valence-electron chi connectivity index (χ0n) is 14.9. The topological polar surface area (TPSA) is 3.24 Å². The highest BCUT2D eigenvalue weighted by atomic mass is 15.1. The molecule has 0 aliphatic heterocycles.